The SMILES string of the molecule is CCCc1c(C#N)c(N)[nH]c(=O)c1C#N. The molecule has 1 aromatic rings. The van der Waals surface area contributed by atoms with E-state index in [-0.39, 0.29) is 16.9 Å². The van der Waals surface area contributed by atoms with Crippen molar-refractivity contribution in [2.75, 3.05) is 5.73 Å². The Bertz CT molecular complexity index is 516. The second-order valence-corrected chi connectivity index (χ2v) is 3.07. The maximum Gasteiger partial charge on any atom is 0.267 e. The van der Waals surface area contributed by atoms with E-state index < -0.39 is 5.56 Å². The second kappa shape index (κ2) is 4.30. The van der Waals surface area contributed by atoms with E-state index in [1.807, 2.05) is 13.0 Å². The Kier molecular flexibility index (Phi) is 3.10. The van der Waals surface area contributed by atoms with Gasteiger partial charge < -0.3 is 10.7 Å². The molecule has 0 saturated heterocycles. The van der Waals surface area contributed by atoms with Crippen molar-refractivity contribution in [2.45, 2.75) is 19.8 Å². The van der Waals surface area contributed by atoms with E-state index in [1.165, 1.54) is 0 Å². The molecule has 1 rings (SSSR count). The number of nitrogens with one attached hydrogen (secondary N) is 1. The molecule has 0 atom stereocenters. The number of nitrogens with zero attached hydrogens (tertiary/aromatic N) is 2. The summed E-state index contributed by atoms with van der Waals surface area (Å²) in [6, 6.07) is 3.70. The summed E-state index contributed by atoms with van der Waals surface area (Å²) >= 11 is 0. The minimum atomic E-state index is -0.530. The predicted molar refractivity (Wildman–Crippen MR) is 54.9 cm³/mol. The third-order valence-electron chi connectivity index (χ3n) is 2.07. The van der Waals surface area contributed by atoms with Crippen LogP contribution in [0.2, 0.25) is 0 Å². The largest absolute Gasteiger partial charge is 0.384 e. The van der Waals surface area contributed by atoms with Gasteiger partial charge in [-0.3, -0.25) is 4.79 Å². The van der Waals surface area contributed by atoms with Crippen molar-refractivity contribution >= 4 is 5.82 Å². The van der Waals surface area contributed by atoms with E-state index in [9.17, 15) is 4.79 Å². The van der Waals surface area contributed by atoms with E-state index >= 15 is 0 Å². The molecule has 5 heteroatoms. The Morgan fingerprint density at radius 2 is 1.93 bits per heavy atom. The molecular formula is C10H10N4O. The topological polar surface area (TPSA) is 106 Å². The van der Waals surface area contributed by atoms with Crippen molar-refractivity contribution < 1.29 is 0 Å². The van der Waals surface area contributed by atoms with Gasteiger partial charge in [0.25, 0.3) is 5.56 Å². The zero-order chi connectivity index (χ0) is 11.4. The van der Waals surface area contributed by atoms with Crippen LogP contribution >= 0.6 is 0 Å². The van der Waals surface area contributed by atoms with Crippen LogP contribution in [-0.4, -0.2) is 4.98 Å². The lowest BCUT2D eigenvalue weighted by atomic mass is 10.0. The van der Waals surface area contributed by atoms with Gasteiger partial charge in [0.2, 0.25) is 0 Å². The number of hydrogen-bond donors (Lipinski definition) is 2. The molecule has 0 bridgehead atoms. The summed E-state index contributed by atoms with van der Waals surface area (Å²) in [5, 5.41) is 17.7. The van der Waals surface area contributed by atoms with E-state index in [0.717, 1.165) is 6.42 Å². The molecule has 0 aliphatic heterocycles. The fourth-order valence-electron chi connectivity index (χ4n) is 1.42. The average Bonchev–Trinajstić information content (AvgIpc) is 2.18. The summed E-state index contributed by atoms with van der Waals surface area (Å²) in [5.41, 5.74) is 5.61. The molecule has 1 heterocycles. The van der Waals surface area contributed by atoms with E-state index in [0.29, 0.717) is 12.0 Å². The average molecular weight is 202 g/mol. The Morgan fingerprint density at radius 1 is 1.33 bits per heavy atom. The van der Waals surface area contributed by atoms with Crippen LogP contribution in [0.15, 0.2) is 4.79 Å². The number of H-pyrrole nitrogens is 1. The van der Waals surface area contributed by atoms with Gasteiger partial charge in [0, 0.05) is 0 Å². The van der Waals surface area contributed by atoms with Crippen LogP contribution in [0.25, 0.3) is 0 Å². The molecule has 5 nitrogen and oxygen atoms in total. The first-order valence-corrected chi connectivity index (χ1v) is 4.50. The highest BCUT2D eigenvalue weighted by molar-refractivity contribution is 5.57. The van der Waals surface area contributed by atoms with Crippen molar-refractivity contribution in [2.24, 2.45) is 0 Å². The van der Waals surface area contributed by atoms with Crippen molar-refractivity contribution in [3.05, 3.63) is 27.0 Å². The molecule has 0 radical (unpaired) electrons. The predicted octanol–water partition coefficient (Wildman–Crippen LogP) is 0.653. The second-order valence-electron chi connectivity index (χ2n) is 3.07. The summed E-state index contributed by atoms with van der Waals surface area (Å²) < 4.78 is 0. The van der Waals surface area contributed by atoms with E-state index in [1.54, 1.807) is 6.07 Å². The van der Waals surface area contributed by atoms with Crippen molar-refractivity contribution in [3.63, 3.8) is 0 Å². The Hall–Kier alpha value is -2.27. The maximum atomic E-state index is 11.4. The maximum absolute atomic E-state index is 11.4. The lowest BCUT2D eigenvalue weighted by molar-refractivity contribution is 0.907. The number of nitriles is 2. The molecule has 1 aromatic heterocycles. The van der Waals surface area contributed by atoms with Crippen LogP contribution in [0.1, 0.15) is 30.0 Å². The van der Waals surface area contributed by atoms with Gasteiger partial charge in [-0.25, -0.2) is 0 Å². The fraction of sp³-hybridized carbons (Fsp3) is 0.300. The number of nitrogens with two attached hydrogens (primary N) is 1. The van der Waals surface area contributed by atoms with Gasteiger partial charge in [0.1, 0.15) is 23.5 Å². The zero-order valence-electron chi connectivity index (χ0n) is 8.29. The highest BCUT2D eigenvalue weighted by Gasteiger charge is 2.14. The van der Waals surface area contributed by atoms with Gasteiger partial charge in [0.15, 0.2) is 0 Å². The third kappa shape index (κ3) is 1.82. The summed E-state index contributed by atoms with van der Waals surface area (Å²) in [5.74, 6) is 0.0324. The van der Waals surface area contributed by atoms with Crippen LogP contribution in [-0.2, 0) is 6.42 Å². The molecule has 0 aliphatic rings. The Morgan fingerprint density at radius 3 is 2.40 bits per heavy atom. The molecule has 0 amide bonds. The van der Waals surface area contributed by atoms with E-state index in [2.05, 4.69) is 4.98 Å². The number of rotatable bonds is 2. The molecule has 0 fully saturated rings. The Labute approximate surface area is 86.8 Å². The third-order valence-corrected chi connectivity index (χ3v) is 2.07. The molecule has 0 unspecified atom stereocenters. The molecule has 15 heavy (non-hydrogen) atoms. The Balaban J connectivity index is 3.62. The zero-order valence-corrected chi connectivity index (χ0v) is 8.29. The molecule has 3 N–H and O–H groups in total. The standard InChI is InChI=1S/C10H10N4O/c1-2-3-6-7(4-11)9(13)14-10(15)8(6)5-12/h2-3H2,1H3,(H3,13,14,15). The quantitative estimate of drug-likeness (QED) is 0.734. The van der Waals surface area contributed by atoms with Crippen LogP contribution in [0.4, 0.5) is 5.82 Å². The van der Waals surface area contributed by atoms with E-state index in [4.69, 9.17) is 16.3 Å². The lowest BCUT2D eigenvalue weighted by Crippen LogP contribution is -2.18. The van der Waals surface area contributed by atoms with Crippen LogP contribution in [0.5, 0.6) is 0 Å². The number of aromatic amines is 1. The monoisotopic (exact) mass is 202 g/mol. The number of hydrogen-bond acceptors (Lipinski definition) is 4. The molecule has 0 saturated carbocycles. The van der Waals surface area contributed by atoms with Crippen LogP contribution in [0.3, 0.4) is 0 Å². The smallest absolute Gasteiger partial charge is 0.267 e. The number of nitrogen functional groups attached to an aromatic ring is 1. The number of aromatic nitrogens is 1. The molecule has 76 valence electrons. The summed E-state index contributed by atoms with van der Waals surface area (Å²) in [4.78, 5) is 13.7. The summed E-state index contributed by atoms with van der Waals surface area (Å²) in [7, 11) is 0. The molecular weight excluding hydrogens is 192 g/mol. The normalized spacial score (nSPS) is 9.27. The highest BCUT2D eigenvalue weighted by atomic mass is 16.1. The van der Waals surface area contributed by atoms with Gasteiger partial charge in [-0.15, -0.1) is 0 Å². The highest BCUT2D eigenvalue weighted by Crippen LogP contribution is 2.16. The van der Waals surface area contributed by atoms with Crippen LogP contribution in [0, 0.1) is 22.7 Å². The van der Waals surface area contributed by atoms with Gasteiger partial charge in [-0.05, 0) is 12.0 Å². The first-order chi connectivity index (χ1) is 7.15. The first-order valence-electron chi connectivity index (χ1n) is 4.50. The lowest BCUT2D eigenvalue weighted by Gasteiger charge is -2.06. The van der Waals surface area contributed by atoms with Gasteiger partial charge in [-0.1, -0.05) is 13.3 Å². The minimum Gasteiger partial charge on any atom is -0.384 e. The van der Waals surface area contributed by atoms with Crippen molar-refractivity contribution in [1.82, 2.24) is 4.98 Å². The van der Waals surface area contributed by atoms with Crippen molar-refractivity contribution in [1.29, 1.82) is 10.5 Å². The van der Waals surface area contributed by atoms with Gasteiger partial charge >= 0.3 is 0 Å². The number of pyridine rings is 1. The fourth-order valence-corrected chi connectivity index (χ4v) is 1.42. The van der Waals surface area contributed by atoms with Gasteiger partial charge in [-0.2, -0.15) is 10.5 Å². The van der Waals surface area contributed by atoms with Gasteiger partial charge in [0.05, 0.1) is 5.56 Å². The molecule has 0 aliphatic carbocycles. The molecule has 0 spiro atoms. The minimum absolute atomic E-state index is 0.0115. The number of anilines is 1. The summed E-state index contributed by atoms with van der Waals surface area (Å²) in [6.45, 7) is 1.90. The van der Waals surface area contributed by atoms with Crippen molar-refractivity contribution in [3.8, 4) is 12.1 Å². The first kappa shape index (κ1) is 10.8. The summed E-state index contributed by atoms with van der Waals surface area (Å²) in [6.07, 6.45) is 1.24. The van der Waals surface area contributed by atoms with Crippen LogP contribution < -0.4 is 11.3 Å². The molecule has 0 aromatic carbocycles.